The SMILES string of the molecule is CC.CCCCCOc1ccncc1C(=O)O. The summed E-state index contributed by atoms with van der Waals surface area (Å²) in [5.74, 6) is -0.609. The van der Waals surface area contributed by atoms with Crippen molar-refractivity contribution in [3.05, 3.63) is 24.0 Å². The Hall–Kier alpha value is -1.58. The lowest BCUT2D eigenvalue weighted by atomic mass is 10.2. The van der Waals surface area contributed by atoms with Crippen molar-refractivity contribution < 1.29 is 14.6 Å². The monoisotopic (exact) mass is 239 g/mol. The van der Waals surface area contributed by atoms with E-state index in [1.807, 2.05) is 13.8 Å². The van der Waals surface area contributed by atoms with Crippen LogP contribution in [0.1, 0.15) is 50.4 Å². The summed E-state index contributed by atoms with van der Waals surface area (Å²) in [6.07, 6.45) is 5.98. The Morgan fingerprint density at radius 2 is 2.12 bits per heavy atom. The maximum atomic E-state index is 10.8. The molecule has 96 valence electrons. The first kappa shape index (κ1) is 15.4. The zero-order chi connectivity index (χ0) is 13.1. The van der Waals surface area contributed by atoms with Crippen molar-refractivity contribution in [1.29, 1.82) is 0 Å². The minimum absolute atomic E-state index is 0.119. The van der Waals surface area contributed by atoms with Crippen LogP contribution >= 0.6 is 0 Å². The molecule has 0 aliphatic rings. The van der Waals surface area contributed by atoms with Gasteiger partial charge in [-0.3, -0.25) is 4.98 Å². The van der Waals surface area contributed by atoms with E-state index in [1.165, 1.54) is 12.4 Å². The van der Waals surface area contributed by atoms with Crippen LogP contribution in [0.15, 0.2) is 18.5 Å². The number of pyridine rings is 1. The highest BCUT2D eigenvalue weighted by Gasteiger charge is 2.10. The maximum absolute atomic E-state index is 10.8. The average Bonchev–Trinajstić information content (AvgIpc) is 2.37. The van der Waals surface area contributed by atoms with Crippen molar-refractivity contribution in [3.8, 4) is 5.75 Å². The third kappa shape index (κ3) is 5.90. The highest BCUT2D eigenvalue weighted by molar-refractivity contribution is 5.90. The molecule has 1 N–H and O–H groups in total. The number of aromatic carboxylic acids is 1. The predicted molar refractivity (Wildman–Crippen MR) is 67.6 cm³/mol. The number of hydrogen-bond acceptors (Lipinski definition) is 3. The largest absolute Gasteiger partial charge is 0.493 e. The second kappa shape index (κ2) is 9.63. The van der Waals surface area contributed by atoms with Gasteiger partial charge in [0, 0.05) is 12.4 Å². The highest BCUT2D eigenvalue weighted by atomic mass is 16.5. The normalized spacial score (nSPS) is 9.12. The van der Waals surface area contributed by atoms with E-state index < -0.39 is 5.97 Å². The van der Waals surface area contributed by atoms with E-state index in [-0.39, 0.29) is 5.56 Å². The Morgan fingerprint density at radius 1 is 1.41 bits per heavy atom. The first-order valence-corrected chi connectivity index (χ1v) is 6.05. The second-order valence-electron chi connectivity index (χ2n) is 3.23. The molecular formula is C13H21NO3. The summed E-state index contributed by atoms with van der Waals surface area (Å²) in [6.45, 7) is 6.66. The Kier molecular flexibility index (Phi) is 8.74. The van der Waals surface area contributed by atoms with Gasteiger partial charge < -0.3 is 9.84 Å². The van der Waals surface area contributed by atoms with Crippen LogP contribution in [0.5, 0.6) is 5.75 Å². The van der Waals surface area contributed by atoms with Crippen LogP contribution in [0, 0.1) is 0 Å². The first-order chi connectivity index (χ1) is 8.25. The van der Waals surface area contributed by atoms with Crippen molar-refractivity contribution in [1.82, 2.24) is 4.98 Å². The van der Waals surface area contributed by atoms with Crippen LogP contribution in [0.4, 0.5) is 0 Å². The maximum Gasteiger partial charge on any atom is 0.341 e. The molecule has 17 heavy (non-hydrogen) atoms. The van der Waals surface area contributed by atoms with E-state index in [4.69, 9.17) is 9.84 Å². The molecule has 0 fully saturated rings. The van der Waals surface area contributed by atoms with Gasteiger partial charge in [0.05, 0.1) is 6.61 Å². The summed E-state index contributed by atoms with van der Waals surface area (Å²) < 4.78 is 5.38. The summed E-state index contributed by atoms with van der Waals surface area (Å²) in [7, 11) is 0. The molecule has 0 radical (unpaired) electrons. The van der Waals surface area contributed by atoms with Gasteiger partial charge in [0.15, 0.2) is 0 Å². The first-order valence-electron chi connectivity index (χ1n) is 6.05. The summed E-state index contributed by atoms with van der Waals surface area (Å²) in [5.41, 5.74) is 0.119. The average molecular weight is 239 g/mol. The number of carboxylic acid groups (broad SMARTS) is 1. The minimum Gasteiger partial charge on any atom is -0.493 e. The molecule has 0 aliphatic heterocycles. The number of unbranched alkanes of at least 4 members (excludes halogenated alkanes) is 2. The van der Waals surface area contributed by atoms with E-state index in [1.54, 1.807) is 6.07 Å². The lowest BCUT2D eigenvalue weighted by Gasteiger charge is -2.07. The minimum atomic E-state index is -1.01. The van der Waals surface area contributed by atoms with Gasteiger partial charge in [-0.05, 0) is 12.5 Å². The lowest BCUT2D eigenvalue weighted by Crippen LogP contribution is -2.04. The number of nitrogens with zero attached hydrogens (tertiary/aromatic N) is 1. The Bertz CT molecular complexity index is 326. The van der Waals surface area contributed by atoms with Crippen molar-refractivity contribution in [2.75, 3.05) is 6.61 Å². The number of carboxylic acids is 1. The van der Waals surface area contributed by atoms with Gasteiger partial charge >= 0.3 is 5.97 Å². The molecular weight excluding hydrogens is 218 g/mol. The molecule has 0 saturated heterocycles. The van der Waals surface area contributed by atoms with Gasteiger partial charge in [0.2, 0.25) is 0 Å². The molecule has 0 amide bonds. The second-order valence-corrected chi connectivity index (χ2v) is 3.23. The third-order valence-electron chi connectivity index (χ3n) is 2.02. The molecule has 1 aromatic heterocycles. The van der Waals surface area contributed by atoms with Crippen LogP contribution in [-0.4, -0.2) is 22.7 Å². The Labute approximate surface area is 103 Å². The zero-order valence-electron chi connectivity index (χ0n) is 10.8. The third-order valence-corrected chi connectivity index (χ3v) is 2.02. The molecule has 0 aliphatic carbocycles. The predicted octanol–water partition coefficient (Wildman–Crippen LogP) is 3.38. The summed E-state index contributed by atoms with van der Waals surface area (Å²) in [6, 6.07) is 1.58. The topological polar surface area (TPSA) is 59.4 Å². The fourth-order valence-corrected chi connectivity index (χ4v) is 1.20. The van der Waals surface area contributed by atoms with Crippen LogP contribution in [0.25, 0.3) is 0 Å². The van der Waals surface area contributed by atoms with E-state index in [0.29, 0.717) is 12.4 Å². The molecule has 0 unspecified atom stereocenters. The van der Waals surface area contributed by atoms with Gasteiger partial charge in [-0.25, -0.2) is 4.79 Å². The van der Waals surface area contributed by atoms with Crippen LogP contribution < -0.4 is 4.74 Å². The lowest BCUT2D eigenvalue weighted by molar-refractivity contribution is 0.0691. The van der Waals surface area contributed by atoms with Gasteiger partial charge in [0.1, 0.15) is 11.3 Å². The standard InChI is InChI=1S/C11H15NO3.C2H6/c1-2-3-4-7-15-10-5-6-12-8-9(10)11(13)14;1-2/h5-6,8H,2-4,7H2,1H3,(H,13,14);1-2H3. The van der Waals surface area contributed by atoms with E-state index in [0.717, 1.165) is 19.3 Å². The van der Waals surface area contributed by atoms with Gasteiger partial charge in [-0.15, -0.1) is 0 Å². The molecule has 4 heteroatoms. The van der Waals surface area contributed by atoms with Crippen molar-refractivity contribution >= 4 is 5.97 Å². The number of ether oxygens (including phenoxy) is 1. The number of hydrogen-bond donors (Lipinski definition) is 1. The fraction of sp³-hybridized carbons (Fsp3) is 0.538. The number of carbonyl (C=O) groups is 1. The molecule has 1 rings (SSSR count). The van der Waals surface area contributed by atoms with E-state index >= 15 is 0 Å². The number of aromatic nitrogens is 1. The molecule has 0 spiro atoms. The van der Waals surface area contributed by atoms with Crippen molar-refractivity contribution in [2.24, 2.45) is 0 Å². The van der Waals surface area contributed by atoms with Crippen molar-refractivity contribution in [3.63, 3.8) is 0 Å². The van der Waals surface area contributed by atoms with Gasteiger partial charge in [0.25, 0.3) is 0 Å². The van der Waals surface area contributed by atoms with Gasteiger partial charge in [-0.1, -0.05) is 33.6 Å². The summed E-state index contributed by atoms with van der Waals surface area (Å²) in [4.78, 5) is 14.5. The molecule has 0 aromatic carbocycles. The van der Waals surface area contributed by atoms with E-state index in [2.05, 4.69) is 11.9 Å². The fourth-order valence-electron chi connectivity index (χ4n) is 1.20. The van der Waals surface area contributed by atoms with Gasteiger partial charge in [-0.2, -0.15) is 0 Å². The molecule has 4 nitrogen and oxygen atoms in total. The molecule has 0 atom stereocenters. The molecule has 0 saturated carbocycles. The quantitative estimate of drug-likeness (QED) is 0.773. The Morgan fingerprint density at radius 3 is 2.71 bits per heavy atom. The van der Waals surface area contributed by atoms with Crippen LogP contribution in [0.2, 0.25) is 0 Å². The van der Waals surface area contributed by atoms with Crippen LogP contribution in [0.3, 0.4) is 0 Å². The Balaban J connectivity index is 0.00000121. The van der Waals surface area contributed by atoms with Crippen LogP contribution in [-0.2, 0) is 0 Å². The highest BCUT2D eigenvalue weighted by Crippen LogP contribution is 2.16. The summed E-state index contributed by atoms with van der Waals surface area (Å²) in [5, 5.41) is 8.85. The molecule has 0 bridgehead atoms. The zero-order valence-corrected chi connectivity index (χ0v) is 10.8. The molecule has 1 aromatic rings. The number of rotatable bonds is 6. The van der Waals surface area contributed by atoms with Crippen molar-refractivity contribution in [2.45, 2.75) is 40.0 Å². The molecule has 1 heterocycles. The smallest absolute Gasteiger partial charge is 0.341 e. The van der Waals surface area contributed by atoms with E-state index in [9.17, 15) is 4.79 Å². The summed E-state index contributed by atoms with van der Waals surface area (Å²) >= 11 is 0.